The minimum Gasteiger partial charge on any atom is -0.361 e. The molecular formula is C16H22N2. The van der Waals surface area contributed by atoms with Crippen molar-refractivity contribution in [2.45, 2.75) is 33.2 Å². The average Bonchev–Trinajstić information content (AvgIpc) is 2.76. The highest BCUT2D eigenvalue weighted by Gasteiger charge is 2.30. The number of H-pyrrole nitrogens is 1. The Hall–Kier alpha value is -1.28. The van der Waals surface area contributed by atoms with Crippen LogP contribution >= 0.6 is 0 Å². The van der Waals surface area contributed by atoms with Gasteiger partial charge in [0, 0.05) is 36.2 Å². The Morgan fingerprint density at radius 1 is 1.33 bits per heavy atom. The van der Waals surface area contributed by atoms with Crippen LogP contribution in [0.5, 0.6) is 0 Å². The summed E-state index contributed by atoms with van der Waals surface area (Å²) in [5, 5.41) is 1.40. The lowest BCUT2D eigenvalue weighted by Crippen LogP contribution is -2.53. The number of benzene rings is 1. The molecule has 1 aliphatic rings. The van der Waals surface area contributed by atoms with Gasteiger partial charge in [-0.3, -0.25) is 4.90 Å². The highest BCUT2D eigenvalue weighted by atomic mass is 15.2. The van der Waals surface area contributed by atoms with Crippen LogP contribution in [-0.4, -0.2) is 29.0 Å². The topological polar surface area (TPSA) is 19.0 Å². The molecule has 0 radical (unpaired) electrons. The second-order valence-corrected chi connectivity index (χ2v) is 5.83. The number of rotatable bonds is 3. The van der Waals surface area contributed by atoms with Gasteiger partial charge < -0.3 is 4.98 Å². The van der Waals surface area contributed by atoms with Crippen molar-refractivity contribution < 1.29 is 0 Å². The Labute approximate surface area is 109 Å². The minimum atomic E-state index is 0.761. The highest BCUT2D eigenvalue weighted by Crippen LogP contribution is 2.25. The number of aromatic amines is 1. The second-order valence-electron chi connectivity index (χ2n) is 5.83. The molecule has 0 bridgehead atoms. The number of nitrogens with one attached hydrogen (secondary N) is 1. The smallest absolute Gasteiger partial charge is 0.0456 e. The molecule has 1 saturated heterocycles. The minimum absolute atomic E-state index is 0.761. The van der Waals surface area contributed by atoms with Gasteiger partial charge in [-0.2, -0.15) is 0 Å². The number of likely N-dealkylation sites (tertiary alicyclic amines) is 1. The van der Waals surface area contributed by atoms with Crippen molar-refractivity contribution in [3.63, 3.8) is 0 Å². The molecule has 1 fully saturated rings. The van der Waals surface area contributed by atoms with E-state index in [1.165, 1.54) is 35.1 Å². The van der Waals surface area contributed by atoms with Crippen LogP contribution in [0.3, 0.4) is 0 Å². The molecule has 2 atom stereocenters. The molecule has 1 aromatic carbocycles. The van der Waals surface area contributed by atoms with E-state index in [4.69, 9.17) is 0 Å². The summed E-state index contributed by atoms with van der Waals surface area (Å²) in [6.07, 6.45) is 3.33. The Morgan fingerprint density at radius 3 is 2.89 bits per heavy atom. The van der Waals surface area contributed by atoms with E-state index in [0.717, 1.165) is 18.4 Å². The van der Waals surface area contributed by atoms with Gasteiger partial charge in [-0.15, -0.1) is 0 Å². The number of hydrogen-bond acceptors (Lipinski definition) is 1. The van der Waals surface area contributed by atoms with Gasteiger partial charge in [-0.25, -0.2) is 0 Å². The standard InChI is InChI=1S/C16H22N2/c1-11-4-5-16-15(8-11)14(9-17-16)6-7-18-10-12(2)13(18)3/h4-5,8-9,12-13,17H,6-7,10H2,1-3H3. The van der Waals surface area contributed by atoms with Gasteiger partial charge in [0.05, 0.1) is 0 Å². The summed E-state index contributed by atoms with van der Waals surface area (Å²) < 4.78 is 0. The molecule has 0 saturated carbocycles. The van der Waals surface area contributed by atoms with Crippen LogP contribution in [-0.2, 0) is 6.42 Å². The first-order valence-electron chi connectivity index (χ1n) is 6.96. The maximum Gasteiger partial charge on any atom is 0.0456 e. The number of hydrogen-bond donors (Lipinski definition) is 1. The molecule has 2 heteroatoms. The molecule has 1 N–H and O–H groups in total. The number of aryl methyl sites for hydroxylation is 1. The lowest BCUT2D eigenvalue weighted by atomic mass is 9.91. The van der Waals surface area contributed by atoms with Gasteiger partial charge in [0.2, 0.25) is 0 Å². The lowest BCUT2D eigenvalue weighted by molar-refractivity contribution is 0.0400. The van der Waals surface area contributed by atoms with E-state index in [1.54, 1.807) is 0 Å². The number of nitrogens with zero attached hydrogens (tertiary/aromatic N) is 1. The fourth-order valence-corrected chi connectivity index (χ4v) is 2.97. The molecule has 2 unspecified atom stereocenters. The molecule has 3 rings (SSSR count). The van der Waals surface area contributed by atoms with Crippen LogP contribution in [0, 0.1) is 12.8 Å². The van der Waals surface area contributed by atoms with Crippen LogP contribution in [0.1, 0.15) is 25.0 Å². The fourth-order valence-electron chi connectivity index (χ4n) is 2.97. The Balaban J connectivity index is 1.73. The van der Waals surface area contributed by atoms with E-state index in [2.05, 4.69) is 55.1 Å². The van der Waals surface area contributed by atoms with Crippen molar-refractivity contribution in [1.82, 2.24) is 9.88 Å². The van der Waals surface area contributed by atoms with Gasteiger partial charge in [0.15, 0.2) is 0 Å². The molecule has 2 aromatic rings. The van der Waals surface area contributed by atoms with Crippen molar-refractivity contribution in [3.05, 3.63) is 35.5 Å². The molecule has 0 spiro atoms. The van der Waals surface area contributed by atoms with Crippen LogP contribution < -0.4 is 0 Å². The zero-order chi connectivity index (χ0) is 12.7. The van der Waals surface area contributed by atoms with E-state index in [-0.39, 0.29) is 0 Å². The van der Waals surface area contributed by atoms with E-state index < -0.39 is 0 Å². The van der Waals surface area contributed by atoms with Crippen molar-refractivity contribution in [2.24, 2.45) is 5.92 Å². The first-order chi connectivity index (χ1) is 8.65. The van der Waals surface area contributed by atoms with Crippen molar-refractivity contribution in [1.29, 1.82) is 0 Å². The number of fused-ring (bicyclic) bond motifs is 1. The van der Waals surface area contributed by atoms with Gasteiger partial charge in [0.1, 0.15) is 0 Å². The van der Waals surface area contributed by atoms with E-state index in [1.807, 2.05) is 0 Å². The van der Waals surface area contributed by atoms with E-state index in [9.17, 15) is 0 Å². The second kappa shape index (κ2) is 4.43. The van der Waals surface area contributed by atoms with Crippen LogP contribution in [0.2, 0.25) is 0 Å². The largest absolute Gasteiger partial charge is 0.361 e. The predicted molar refractivity (Wildman–Crippen MR) is 76.9 cm³/mol. The van der Waals surface area contributed by atoms with Gasteiger partial charge in [-0.05, 0) is 43.9 Å². The summed E-state index contributed by atoms with van der Waals surface area (Å²) in [6, 6.07) is 7.41. The van der Waals surface area contributed by atoms with E-state index >= 15 is 0 Å². The molecule has 2 heterocycles. The first-order valence-corrected chi connectivity index (χ1v) is 6.96. The normalized spacial score (nSPS) is 24.4. The van der Waals surface area contributed by atoms with Crippen LogP contribution in [0.25, 0.3) is 10.9 Å². The third-order valence-electron chi connectivity index (χ3n) is 4.51. The Bertz CT molecular complexity index is 555. The predicted octanol–water partition coefficient (Wildman–Crippen LogP) is 3.36. The maximum absolute atomic E-state index is 3.38. The maximum atomic E-state index is 3.38. The monoisotopic (exact) mass is 242 g/mol. The zero-order valence-electron chi connectivity index (χ0n) is 11.5. The summed E-state index contributed by atoms with van der Waals surface area (Å²) in [5.74, 6) is 0.871. The quantitative estimate of drug-likeness (QED) is 0.874. The van der Waals surface area contributed by atoms with Crippen LogP contribution in [0.4, 0.5) is 0 Å². The first kappa shape index (κ1) is 11.8. The van der Waals surface area contributed by atoms with Crippen LogP contribution in [0.15, 0.2) is 24.4 Å². The summed E-state index contributed by atoms with van der Waals surface area (Å²) >= 11 is 0. The molecule has 2 nitrogen and oxygen atoms in total. The van der Waals surface area contributed by atoms with Crippen molar-refractivity contribution in [3.8, 4) is 0 Å². The molecular weight excluding hydrogens is 220 g/mol. The highest BCUT2D eigenvalue weighted by molar-refractivity contribution is 5.83. The molecule has 18 heavy (non-hydrogen) atoms. The summed E-state index contributed by atoms with van der Waals surface area (Å²) in [6.45, 7) is 9.30. The van der Waals surface area contributed by atoms with Crippen molar-refractivity contribution >= 4 is 10.9 Å². The molecule has 1 aromatic heterocycles. The third-order valence-corrected chi connectivity index (χ3v) is 4.51. The molecule has 96 valence electrons. The van der Waals surface area contributed by atoms with Gasteiger partial charge in [-0.1, -0.05) is 18.6 Å². The zero-order valence-corrected chi connectivity index (χ0v) is 11.5. The Morgan fingerprint density at radius 2 is 2.17 bits per heavy atom. The third kappa shape index (κ3) is 1.95. The molecule has 0 amide bonds. The fraction of sp³-hybridized carbons (Fsp3) is 0.500. The summed E-state index contributed by atoms with van der Waals surface area (Å²) in [5.41, 5.74) is 4.07. The summed E-state index contributed by atoms with van der Waals surface area (Å²) in [4.78, 5) is 5.96. The van der Waals surface area contributed by atoms with E-state index in [0.29, 0.717) is 0 Å². The van der Waals surface area contributed by atoms with Crippen molar-refractivity contribution in [2.75, 3.05) is 13.1 Å². The van der Waals surface area contributed by atoms with Gasteiger partial charge >= 0.3 is 0 Å². The average molecular weight is 242 g/mol. The number of aromatic nitrogens is 1. The Kier molecular flexibility index (Phi) is 2.90. The lowest BCUT2D eigenvalue weighted by Gasteiger charge is -2.45. The SMILES string of the molecule is Cc1ccc2[nH]cc(CCN3CC(C)C3C)c2c1. The van der Waals surface area contributed by atoms with Gasteiger partial charge in [0.25, 0.3) is 0 Å². The molecule has 1 aliphatic heterocycles. The summed E-state index contributed by atoms with van der Waals surface area (Å²) in [7, 11) is 0. The molecule has 0 aliphatic carbocycles.